The van der Waals surface area contributed by atoms with Gasteiger partial charge in [0.25, 0.3) is 0 Å². The number of halogens is 3. The number of benzene rings is 2. The molecule has 1 N–H and O–H groups in total. The fourth-order valence-electron chi connectivity index (χ4n) is 3.46. The Kier molecular flexibility index (Phi) is 9.87. The maximum absolute atomic E-state index is 13.6. The van der Waals surface area contributed by atoms with Crippen LogP contribution in [0.3, 0.4) is 0 Å². The molecule has 0 spiro atoms. The van der Waals surface area contributed by atoms with Crippen molar-refractivity contribution in [3.8, 4) is 0 Å². The quantitative estimate of drug-likeness (QED) is 0.459. The molecule has 0 bridgehead atoms. The van der Waals surface area contributed by atoms with Gasteiger partial charge in [0, 0.05) is 12.1 Å². The highest BCUT2D eigenvalue weighted by Crippen LogP contribution is 2.28. The highest BCUT2D eigenvalue weighted by Gasteiger charge is 2.33. The lowest BCUT2D eigenvalue weighted by molar-refractivity contribution is -0.141. The molecule has 11 heteroatoms. The first kappa shape index (κ1) is 29.2. The minimum absolute atomic E-state index is 0.0198. The van der Waals surface area contributed by atoms with Gasteiger partial charge >= 0.3 is 0 Å². The smallest absolute Gasteiger partial charge is 0.244 e. The van der Waals surface area contributed by atoms with E-state index in [2.05, 4.69) is 5.32 Å². The summed E-state index contributed by atoms with van der Waals surface area (Å²) in [4.78, 5) is 28.2. The van der Waals surface area contributed by atoms with Gasteiger partial charge in [0.15, 0.2) is 0 Å². The van der Waals surface area contributed by atoms with Gasteiger partial charge in [-0.2, -0.15) is 0 Å². The average Bonchev–Trinajstić information content (AvgIpc) is 2.73. The lowest BCUT2D eigenvalue weighted by atomic mass is 10.1. The van der Waals surface area contributed by atoms with Crippen LogP contribution in [0.5, 0.6) is 0 Å². The van der Waals surface area contributed by atoms with E-state index in [1.807, 2.05) is 20.8 Å². The summed E-state index contributed by atoms with van der Waals surface area (Å²) in [6.45, 7) is 6.78. The maximum atomic E-state index is 13.6. The Balaban J connectivity index is 2.50. The van der Waals surface area contributed by atoms with E-state index in [-0.39, 0.29) is 23.2 Å². The van der Waals surface area contributed by atoms with E-state index in [0.717, 1.165) is 10.6 Å². The van der Waals surface area contributed by atoms with Crippen molar-refractivity contribution in [1.29, 1.82) is 0 Å². The zero-order valence-corrected chi connectivity index (χ0v) is 23.4. The Morgan fingerprint density at radius 1 is 1.00 bits per heavy atom. The lowest BCUT2D eigenvalue weighted by Gasteiger charge is -2.34. The molecule has 35 heavy (non-hydrogen) atoms. The molecule has 0 radical (unpaired) electrons. The number of carbonyl (C=O) groups excluding carboxylic acids is 2. The fourth-order valence-corrected chi connectivity index (χ4v) is 4.93. The number of nitrogens with one attached hydrogen (secondary N) is 1. The van der Waals surface area contributed by atoms with E-state index in [1.165, 1.54) is 11.0 Å². The average molecular weight is 563 g/mol. The summed E-state index contributed by atoms with van der Waals surface area (Å²) in [6, 6.07) is 10.4. The molecular weight excluding hydrogens is 533 g/mol. The van der Waals surface area contributed by atoms with Crippen molar-refractivity contribution >= 4 is 62.3 Å². The number of rotatable bonds is 9. The van der Waals surface area contributed by atoms with Crippen molar-refractivity contribution in [1.82, 2.24) is 10.2 Å². The zero-order valence-electron chi connectivity index (χ0n) is 20.3. The van der Waals surface area contributed by atoms with Gasteiger partial charge in [-0.25, -0.2) is 8.42 Å². The van der Waals surface area contributed by atoms with E-state index in [9.17, 15) is 18.0 Å². The number of anilines is 1. The SMILES string of the molecule is CC[C@H](C(=O)NC(C)(C)C)N(Cc1ccc(Cl)c(Cl)c1)C(=O)CN(c1ccccc1Cl)S(C)(=O)=O. The second-order valence-electron chi connectivity index (χ2n) is 9.15. The third kappa shape index (κ3) is 8.27. The third-order valence-corrected chi connectivity index (χ3v) is 7.21. The first-order valence-corrected chi connectivity index (χ1v) is 13.9. The lowest BCUT2D eigenvalue weighted by Crippen LogP contribution is -2.55. The molecule has 0 fully saturated rings. The molecule has 0 aromatic heterocycles. The van der Waals surface area contributed by atoms with Crippen LogP contribution in [-0.4, -0.2) is 49.5 Å². The summed E-state index contributed by atoms with van der Waals surface area (Å²) in [5.41, 5.74) is 0.282. The van der Waals surface area contributed by atoms with Crippen LogP contribution in [-0.2, 0) is 26.2 Å². The fraction of sp³-hybridized carbons (Fsp3) is 0.417. The molecule has 192 valence electrons. The van der Waals surface area contributed by atoms with Gasteiger partial charge in [-0.3, -0.25) is 13.9 Å². The Morgan fingerprint density at radius 3 is 2.14 bits per heavy atom. The highest BCUT2D eigenvalue weighted by molar-refractivity contribution is 7.92. The van der Waals surface area contributed by atoms with Gasteiger partial charge in [0.05, 0.1) is 27.0 Å². The molecule has 0 saturated carbocycles. The molecule has 0 aliphatic heterocycles. The standard InChI is InChI=1S/C24H30Cl3N3O4S/c1-6-20(23(32)28-24(2,3)4)29(14-16-11-12-17(25)19(27)13-16)22(31)15-30(35(5,33)34)21-10-8-7-9-18(21)26/h7-13,20H,6,14-15H2,1-5H3,(H,28,32)/t20-/m1/s1. The van der Waals surface area contributed by atoms with Gasteiger partial charge in [-0.15, -0.1) is 0 Å². The summed E-state index contributed by atoms with van der Waals surface area (Å²) in [5.74, 6) is -0.922. The van der Waals surface area contributed by atoms with Crippen molar-refractivity contribution < 1.29 is 18.0 Å². The van der Waals surface area contributed by atoms with E-state index in [1.54, 1.807) is 43.3 Å². The van der Waals surface area contributed by atoms with Crippen LogP contribution in [0.2, 0.25) is 15.1 Å². The first-order chi connectivity index (χ1) is 16.1. The number of para-hydroxylation sites is 1. The molecule has 2 rings (SSSR count). The molecule has 2 aromatic carbocycles. The number of carbonyl (C=O) groups is 2. The molecular formula is C24H30Cl3N3O4S. The Morgan fingerprint density at radius 2 is 1.63 bits per heavy atom. The summed E-state index contributed by atoms with van der Waals surface area (Å²) < 4.78 is 26.2. The molecule has 1 atom stereocenters. The van der Waals surface area contributed by atoms with Crippen molar-refractivity contribution in [2.45, 2.75) is 52.2 Å². The van der Waals surface area contributed by atoms with E-state index in [0.29, 0.717) is 22.0 Å². The largest absolute Gasteiger partial charge is 0.350 e. The summed E-state index contributed by atoms with van der Waals surface area (Å²) in [7, 11) is -3.87. The molecule has 0 saturated heterocycles. The van der Waals surface area contributed by atoms with Gasteiger partial charge < -0.3 is 10.2 Å². The predicted molar refractivity (Wildman–Crippen MR) is 143 cm³/mol. The van der Waals surface area contributed by atoms with E-state index in [4.69, 9.17) is 34.8 Å². The van der Waals surface area contributed by atoms with Crippen LogP contribution in [0.15, 0.2) is 42.5 Å². The van der Waals surface area contributed by atoms with Crippen molar-refractivity contribution in [3.05, 3.63) is 63.1 Å². The Labute approximate surface area is 222 Å². The monoisotopic (exact) mass is 561 g/mol. The van der Waals surface area contributed by atoms with E-state index >= 15 is 0 Å². The minimum Gasteiger partial charge on any atom is -0.350 e. The second-order valence-corrected chi connectivity index (χ2v) is 12.3. The van der Waals surface area contributed by atoms with Crippen LogP contribution in [0.25, 0.3) is 0 Å². The van der Waals surface area contributed by atoms with Crippen molar-refractivity contribution in [3.63, 3.8) is 0 Å². The van der Waals surface area contributed by atoms with Crippen molar-refractivity contribution in [2.75, 3.05) is 17.1 Å². The topological polar surface area (TPSA) is 86.8 Å². The second kappa shape index (κ2) is 11.8. The normalized spacial score (nSPS) is 12.7. The highest BCUT2D eigenvalue weighted by atomic mass is 35.5. The molecule has 0 unspecified atom stereocenters. The molecule has 0 aliphatic carbocycles. The Bertz CT molecular complexity index is 1180. The van der Waals surface area contributed by atoms with Gasteiger partial charge in [-0.1, -0.05) is 59.9 Å². The number of hydrogen-bond acceptors (Lipinski definition) is 4. The Hall–Kier alpha value is -2.00. The molecule has 0 heterocycles. The van der Waals surface area contributed by atoms with Gasteiger partial charge in [0.2, 0.25) is 21.8 Å². The van der Waals surface area contributed by atoms with Crippen LogP contribution in [0.4, 0.5) is 5.69 Å². The van der Waals surface area contributed by atoms with Gasteiger partial charge in [0.1, 0.15) is 12.6 Å². The van der Waals surface area contributed by atoms with Crippen LogP contribution in [0.1, 0.15) is 39.7 Å². The maximum Gasteiger partial charge on any atom is 0.244 e. The van der Waals surface area contributed by atoms with Crippen LogP contribution in [0, 0.1) is 0 Å². The summed E-state index contributed by atoms with van der Waals surface area (Å²) in [5, 5.41) is 3.74. The third-order valence-electron chi connectivity index (χ3n) is 5.02. The number of amides is 2. The molecule has 0 aliphatic rings. The number of sulfonamides is 1. The molecule has 2 amide bonds. The molecule has 7 nitrogen and oxygen atoms in total. The number of hydrogen-bond donors (Lipinski definition) is 1. The van der Waals surface area contributed by atoms with Gasteiger partial charge in [-0.05, 0) is 57.0 Å². The van der Waals surface area contributed by atoms with Crippen LogP contribution >= 0.6 is 34.8 Å². The first-order valence-electron chi connectivity index (χ1n) is 10.9. The zero-order chi connectivity index (χ0) is 26.6. The van der Waals surface area contributed by atoms with Crippen LogP contribution < -0.4 is 9.62 Å². The van der Waals surface area contributed by atoms with Crippen molar-refractivity contribution in [2.24, 2.45) is 0 Å². The summed E-state index contributed by atoms with van der Waals surface area (Å²) in [6.07, 6.45) is 1.30. The number of nitrogens with zero attached hydrogens (tertiary/aromatic N) is 2. The molecule has 2 aromatic rings. The summed E-state index contributed by atoms with van der Waals surface area (Å²) >= 11 is 18.4. The predicted octanol–water partition coefficient (Wildman–Crippen LogP) is 5.13. The minimum atomic E-state index is -3.87. The van der Waals surface area contributed by atoms with E-state index < -0.39 is 34.1 Å².